The van der Waals surface area contributed by atoms with Gasteiger partial charge in [-0.2, -0.15) is 0 Å². The summed E-state index contributed by atoms with van der Waals surface area (Å²) in [6.07, 6.45) is 1.51. The largest absolute Gasteiger partial charge is 0.363 e. The topological polar surface area (TPSA) is 87.5 Å². The summed E-state index contributed by atoms with van der Waals surface area (Å²) in [4.78, 5) is 28.3. The van der Waals surface area contributed by atoms with Gasteiger partial charge < -0.3 is 20.1 Å². The van der Waals surface area contributed by atoms with Crippen LogP contribution >= 0.6 is 24.2 Å². The number of carbonyl (C=O) groups is 2. The monoisotopic (exact) mass is 504 g/mol. The molecule has 3 aromatic carbocycles. The summed E-state index contributed by atoms with van der Waals surface area (Å²) >= 11 is 10.4. The first kappa shape index (κ1) is 23.0. The third-order valence-electron chi connectivity index (χ3n) is 5.77. The van der Waals surface area contributed by atoms with Crippen LogP contribution in [-0.4, -0.2) is 21.9 Å². The van der Waals surface area contributed by atoms with Crippen molar-refractivity contribution in [2.24, 2.45) is 0 Å². The molecule has 0 atom stereocenters. The highest BCUT2D eigenvalue weighted by molar-refractivity contribution is 7.80. The van der Waals surface area contributed by atoms with Crippen LogP contribution in [0, 0.1) is 0 Å². The van der Waals surface area contributed by atoms with Crippen LogP contribution < -0.4 is 10.6 Å². The fourth-order valence-electron chi connectivity index (χ4n) is 4.07. The summed E-state index contributed by atoms with van der Waals surface area (Å²) < 4.78 is 4.84. The number of hydrogen-bond donors (Lipinski definition) is 3. The highest BCUT2D eigenvalue weighted by Crippen LogP contribution is 2.31. The smallest absolute Gasteiger partial charge is 0.256 e. The molecular weight excluding hydrogens is 484 g/mol. The van der Waals surface area contributed by atoms with Gasteiger partial charge in [0.15, 0.2) is 5.82 Å². The van der Waals surface area contributed by atoms with Gasteiger partial charge in [-0.3, -0.25) is 9.59 Å². The quantitative estimate of drug-likeness (QED) is 0.284. The summed E-state index contributed by atoms with van der Waals surface area (Å²) in [5.74, 6) is 0.266. The van der Waals surface area contributed by atoms with Crippen molar-refractivity contribution in [3.8, 4) is 0 Å². The maximum absolute atomic E-state index is 13.1. The fourth-order valence-corrected chi connectivity index (χ4v) is 4.48. The number of carbonyl (C=O) groups excluding carboxylic acids is 2. The van der Waals surface area contributed by atoms with E-state index in [2.05, 4.69) is 34.5 Å². The molecule has 2 heterocycles. The lowest BCUT2D eigenvalue weighted by atomic mass is 10.1. The van der Waals surface area contributed by atoms with Crippen molar-refractivity contribution in [3.63, 3.8) is 0 Å². The van der Waals surface area contributed by atoms with Crippen LogP contribution in [-0.2, 0) is 19.6 Å². The minimum absolute atomic E-state index is 0.0696. The zero-order valence-electron chi connectivity index (χ0n) is 18.5. The first-order valence-corrected chi connectivity index (χ1v) is 11.7. The summed E-state index contributed by atoms with van der Waals surface area (Å²) in [6.45, 7) is 1.43. The highest BCUT2D eigenvalue weighted by Gasteiger charge is 2.30. The standard InChI is InChI=1S/C26H21ClN4O3S/c27-18-7-8-23(35)20(12-18)25(32)29-22-6-2-5-19-21(22)15-31(26(19)33)14-17-4-1-3-16(11-17)13-28-24-9-10-34-30-24/h1-12,35H,13-15H2,(H,28,30)(H,29,32). The molecule has 0 bridgehead atoms. The Hall–Kier alpha value is -3.75. The van der Waals surface area contributed by atoms with Gasteiger partial charge in [0.1, 0.15) is 6.26 Å². The van der Waals surface area contributed by atoms with Gasteiger partial charge in [-0.1, -0.05) is 47.1 Å². The maximum atomic E-state index is 13.1. The Morgan fingerprint density at radius 1 is 1.09 bits per heavy atom. The predicted octanol–water partition coefficient (Wildman–Crippen LogP) is 5.64. The molecule has 1 aliphatic heterocycles. The summed E-state index contributed by atoms with van der Waals surface area (Å²) in [7, 11) is 0. The number of rotatable bonds is 7. The van der Waals surface area contributed by atoms with E-state index in [1.165, 1.54) is 6.26 Å². The second-order valence-corrected chi connectivity index (χ2v) is 9.08. The van der Waals surface area contributed by atoms with Gasteiger partial charge in [-0.05, 0) is 41.5 Å². The molecule has 2 amide bonds. The molecule has 0 radical (unpaired) electrons. The van der Waals surface area contributed by atoms with Gasteiger partial charge in [0, 0.05) is 52.4 Å². The summed E-state index contributed by atoms with van der Waals surface area (Å²) in [5.41, 5.74) is 4.42. The molecule has 0 aliphatic carbocycles. The Labute approximate surface area is 212 Å². The van der Waals surface area contributed by atoms with Crippen LogP contribution in [0.2, 0.25) is 5.02 Å². The minimum atomic E-state index is -0.330. The zero-order valence-corrected chi connectivity index (χ0v) is 20.1. The van der Waals surface area contributed by atoms with Gasteiger partial charge in [0.2, 0.25) is 0 Å². The normalized spacial score (nSPS) is 12.5. The molecule has 7 nitrogen and oxygen atoms in total. The SMILES string of the molecule is O=C(Nc1cccc2c1CN(Cc1cccc(CNc3ccon3)c1)C2=O)c1cc(Cl)ccc1S. The third kappa shape index (κ3) is 5.03. The molecule has 9 heteroatoms. The molecule has 0 spiro atoms. The molecule has 4 aromatic rings. The molecule has 0 saturated carbocycles. The van der Waals surface area contributed by atoms with Crippen LogP contribution in [0.4, 0.5) is 11.5 Å². The summed E-state index contributed by atoms with van der Waals surface area (Å²) in [5, 5.41) is 10.4. The fraction of sp³-hybridized carbons (Fsp3) is 0.115. The van der Waals surface area contributed by atoms with Gasteiger partial charge >= 0.3 is 0 Å². The van der Waals surface area contributed by atoms with E-state index in [1.54, 1.807) is 47.4 Å². The van der Waals surface area contributed by atoms with Crippen molar-refractivity contribution in [2.75, 3.05) is 10.6 Å². The number of halogens is 1. The lowest BCUT2D eigenvalue weighted by Crippen LogP contribution is -2.23. The molecule has 0 unspecified atom stereocenters. The van der Waals surface area contributed by atoms with Crippen LogP contribution in [0.1, 0.15) is 37.4 Å². The van der Waals surface area contributed by atoms with Crippen molar-refractivity contribution in [1.29, 1.82) is 0 Å². The average molecular weight is 505 g/mol. The number of nitrogens with zero attached hydrogens (tertiary/aromatic N) is 2. The van der Waals surface area contributed by atoms with Gasteiger partial charge in [0.25, 0.3) is 11.8 Å². The number of amides is 2. The lowest BCUT2D eigenvalue weighted by molar-refractivity contribution is 0.0766. The van der Waals surface area contributed by atoms with Gasteiger partial charge in [-0.25, -0.2) is 0 Å². The molecule has 1 aliphatic rings. The molecule has 0 saturated heterocycles. The number of hydrogen-bond acceptors (Lipinski definition) is 6. The van der Waals surface area contributed by atoms with Crippen LogP contribution in [0.5, 0.6) is 0 Å². The van der Waals surface area contributed by atoms with E-state index in [0.717, 1.165) is 16.7 Å². The Morgan fingerprint density at radius 3 is 2.74 bits per heavy atom. The van der Waals surface area contributed by atoms with E-state index in [-0.39, 0.29) is 11.8 Å². The van der Waals surface area contributed by atoms with E-state index in [4.69, 9.17) is 16.1 Å². The van der Waals surface area contributed by atoms with Crippen molar-refractivity contribution >= 4 is 47.5 Å². The third-order valence-corrected chi connectivity index (χ3v) is 6.40. The molecule has 1 aromatic heterocycles. The maximum Gasteiger partial charge on any atom is 0.256 e. The predicted molar refractivity (Wildman–Crippen MR) is 137 cm³/mol. The molecule has 2 N–H and O–H groups in total. The van der Waals surface area contributed by atoms with Crippen molar-refractivity contribution in [1.82, 2.24) is 10.1 Å². The average Bonchev–Trinajstić information content (AvgIpc) is 3.49. The Kier molecular flexibility index (Phi) is 6.48. The van der Waals surface area contributed by atoms with Crippen LogP contribution in [0.15, 0.2) is 82.4 Å². The Bertz CT molecular complexity index is 1410. The Morgan fingerprint density at radius 2 is 1.91 bits per heavy atom. The summed E-state index contributed by atoms with van der Waals surface area (Å²) in [6, 6.07) is 20.1. The van der Waals surface area contributed by atoms with Crippen molar-refractivity contribution in [3.05, 3.63) is 106 Å². The van der Waals surface area contributed by atoms with E-state index >= 15 is 0 Å². The molecule has 35 heavy (non-hydrogen) atoms. The van der Waals surface area contributed by atoms with E-state index in [9.17, 15) is 9.59 Å². The number of benzene rings is 3. The number of thiol groups is 1. The van der Waals surface area contributed by atoms with Gasteiger partial charge in [-0.15, -0.1) is 12.6 Å². The minimum Gasteiger partial charge on any atom is -0.363 e. The van der Waals surface area contributed by atoms with Crippen LogP contribution in [0.25, 0.3) is 0 Å². The van der Waals surface area contributed by atoms with Crippen LogP contribution in [0.3, 0.4) is 0 Å². The molecule has 5 rings (SSSR count). The Balaban J connectivity index is 1.30. The number of nitrogens with one attached hydrogen (secondary N) is 2. The number of anilines is 2. The zero-order chi connectivity index (χ0) is 24.4. The lowest BCUT2D eigenvalue weighted by Gasteiger charge is -2.17. The first-order valence-electron chi connectivity index (χ1n) is 10.9. The highest BCUT2D eigenvalue weighted by atomic mass is 35.5. The van der Waals surface area contributed by atoms with E-state index in [1.807, 2.05) is 18.2 Å². The first-order chi connectivity index (χ1) is 17.0. The van der Waals surface area contributed by atoms with Crippen molar-refractivity contribution < 1.29 is 14.1 Å². The molecule has 176 valence electrons. The molecule has 0 fully saturated rings. The second kappa shape index (κ2) is 9.85. The molecular formula is C26H21ClN4O3S. The second-order valence-electron chi connectivity index (χ2n) is 8.17. The van der Waals surface area contributed by atoms with Gasteiger partial charge in [0.05, 0.1) is 5.56 Å². The van der Waals surface area contributed by atoms with E-state index < -0.39 is 0 Å². The van der Waals surface area contributed by atoms with Crippen molar-refractivity contribution in [2.45, 2.75) is 24.5 Å². The number of fused-ring (bicyclic) bond motifs is 1. The van der Waals surface area contributed by atoms with E-state index in [0.29, 0.717) is 52.2 Å². The number of aromatic nitrogens is 1.